The number of nitrogens with zero attached hydrogens (tertiary/aromatic N) is 2. The van der Waals surface area contributed by atoms with Gasteiger partial charge in [0.2, 0.25) is 5.95 Å². The third kappa shape index (κ3) is 1.95. The second-order valence-corrected chi connectivity index (χ2v) is 4.51. The van der Waals surface area contributed by atoms with Crippen LogP contribution in [0.2, 0.25) is 0 Å². The van der Waals surface area contributed by atoms with Crippen molar-refractivity contribution in [3.63, 3.8) is 0 Å². The van der Waals surface area contributed by atoms with E-state index < -0.39 is 0 Å². The molecule has 1 aromatic rings. The summed E-state index contributed by atoms with van der Waals surface area (Å²) >= 11 is 0. The predicted octanol–water partition coefficient (Wildman–Crippen LogP) is 1.04. The van der Waals surface area contributed by atoms with Crippen molar-refractivity contribution >= 4 is 11.8 Å². The first-order valence-corrected chi connectivity index (χ1v) is 5.79. The molecule has 1 aliphatic carbocycles. The maximum absolute atomic E-state index is 5.75. The fourth-order valence-corrected chi connectivity index (χ4v) is 2.30. The normalized spacial score (nSPS) is 29.2. The molecule has 3 N–H and O–H groups in total. The molecule has 2 fully saturated rings. The third-order valence-corrected chi connectivity index (χ3v) is 3.23. The quantitative estimate of drug-likeness (QED) is 0.796. The fourth-order valence-electron chi connectivity index (χ4n) is 2.30. The van der Waals surface area contributed by atoms with Gasteiger partial charge in [-0.2, -0.15) is 4.98 Å². The molecule has 0 spiro atoms. The van der Waals surface area contributed by atoms with Crippen LogP contribution in [-0.2, 0) is 4.74 Å². The minimum Gasteiger partial charge on any atom is -0.376 e. The molecular weight excluding hydrogens is 204 g/mol. The van der Waals surface area contributed by atoms with Crippen molar-refractivity contribution < 1.29 is 4.74 Å². The molecule has 0 aromatic carbocycles. The molecule has 1 aromatic heterocycles. The van der Waals surface area contributed by atoms with Gasteiger partial charge in [-0.05, 0) is 31.2 Å². The average Bonchev–Trinajstić information content (AvgIpc) is 3.00. The first-order valence-electron chi connectivity index (χ1n) is 5.79. The van der Waals surface area contributed by atoms with Gasteiger partial charge in [-0.1, -0.05) is 0 Å². The molecular formula is C11H16N4O. The van der Waals surface area contributed by atoms with E-state index in [-0.39, 0.29) is 0 Å². The van der Waals surface area contributed by atoms with Crippen LogP contribution in [-0.4, -0.2) is 28.7 Å². The summed E-state index contributed by atoms with van der Waals surface area (Å²) in [7, 11) is 0. The van der Waals surface area contributed by atoms with E-state index in [0.717, 1.165) is 24.8 Å². The van der Waals surface area contributed by atoms with Crippen LogP contribution in [0.15, 0.2) is 12.3 Å². The van der Waals surface area contributed by atoms with Gasteiger partial charge in [0, 0.05) is 12.8 Å². The van der Waals surface area contributed by atoms with Crippen LogP contribution >= 0.6 is 0 Å². The van der Waals surface area contributed by atoms with Gasteiger partial charge in [-0.25, -0.2) is 4.98 Å². The lowest BCUT2D eigenvalue weighted by atomic mass is 10.1. The van der Waals surface area contributed by atoms with Crippen molar-refractivity contribution in [1.82, 2.24) is 9.97 Å². The molecule has 3 rings (SSSR count). The van der Waals surface area contributed by atoms with Crippen molar-refractivity contribution in [2.75, 3.05) is 17.7 Å². The monoisotopic (exact) mass is 220 g/mol. The lowest BCUT2D eigenvalue weighted by Gasteiger charge is -2.19. The SMILES string of the molecule is Nc1nccc(NC2CCOC2C2CC2)n1. The zero-order valence-electron chi connectivity index (χ0n) is 9.10. The van der Waals surface area contributed by atoms with Crippen LogP contribution in [0.1, 0.15) is 19.3 Å². The molecule has 0 bridgehead atoms. The van der Waals surface area contributed by atoms with Crippen LogP contribution in [0.25, 0.3) is 0 Å². The molecule has 2 atom stereocenters. The average molecular weight is 220 g/mol. The van der Waals surface area contributed by atoms with Crippen LogP contribution in [0.5, 0.6) is 0 Å². The first kappa shape index (κ1) is 9.84. The van der Waals surface area contributed by atoms with Crippen LogP contribution in [0.4, 0.5) is 11.8 Å². The summed E-state index contributed by atoms with van der Waals surface area (Å²) < 4.78 is 5.75. The Bertz CT molecular complexity index is 380. The summed E-state index contributed by atoms with van der Waals surface area (Å²) in [5.41, 5.74) is 5.55. The summed E-state index contributed by atoms with van der Waals surface area (Å²) in [6.07, 6.45) is 5.68. The van der Waals surface area contributed by atoms with Crippen LogP contribution in [0, 0.1) is 5.92 Å². The molecule has 2 aliphatic rings. The van der Waals surface area contributed by atoms with E-state index in [4.69, 9.17) is 10.5 Å². The number of rotatable bonds is 3. The second kappa shape index (κ2) is 3.90. The highest BCUT2D eigenvalue weighted by Gasteiger charge is 2.40. The topological polar surface area (TPSA) is 73.1 Å². The van der Waals surface area contributed by atoms with Gasteiger partial charge in [0.1, 0.15) is 5.82 Å². The fraction of sp³-hybridized carbons (Fsp3) is 0.636. The van der Waals surface area contributed by atoms with Gasteiger partial charge < -0.3 is 15.8 Å². The molecule has 1 saturated carbocycles. The molecule has 0 radical (unpaired) electrons. The molecule has 5 nitrogen and oxygen atoms in total. The highest BCUT2D eigenvalue weighted by atomic mass is 16.5. The molecule has 1 aliphatic heterocycles. The molecule has 0 amide bonds. The number of hydrogen-bond donors (Lipinski definition) is 2. The molecule has 5 heteroatoms. The van der Waals surface area contributed by atoms with E-state index in [1.807, 2.05) is 6.07 Å². The number of nitrogen functional groups attached to an aromatic ring is 1. The minimum absolute atomic E-state index is 0.312. The van der Waals surface area contributed by atoms with E-state index in [0.29, 0.717) is 18.1 Å². The highest BCUT2D eigenvalue weighted by Crippen LogP contribution is 2.39. The Hall–Kier alpha value is -1.36. The number of aromatic nitrogens is 2. The van der Waals surface area contributed by atoms with Crippen molar-refractivity contribution in [2.24, 2.45) is 5.92 Å². The first-order chi connectivity index (χ1) is 7.83. The van der Waals surface area contributed by atoms with Crippen molar-refractivity contribution in [3.8, 4) is 0 Å². The van der Waals surface area contributed by atoms with Gasteiger partial charge in [0.25, 0.3) is 0 Å². The summed E-state index contributed by atoms with van der Waals surface area (Å²) in [4.78, 5) is 8.03. The summed E-state index contributed by atoms with van der Waals surface area (Å²) in [6, 6.07) is 2.22. The Morgan fingerprint density at radius 2 is 2.25 bits per heavy atom. The summed E-state index contributed by atoms with van der Waals surface area (Å²) in [6.45, 7) is 0.847. The second-order valence-electron chi connectivity index (χ2n) is 4.51. The van der Waals surface area contributed by atoms with Crippen molar-refractivity contribution in [2.45, 2.75) is 31.4 Å². The molecule has 16 heavy (non-hydrogen) atoms. The molecule has 1 saturated heterocycles. The maximum Gasteiger partial charge on any atom is 0.221 e. The molecule has 2 heterocycles. The van der Waals surface area contributed by atoms with Gasteiger partial charge in [-0.3, -0.25) is 0 Å². The minimum atomic E-state index is 0.312. The van der Waals surface area contributed by atoms with E-state index in [1.165, 1.54) is 12.8 Å². The van der Waals surface area contributed by atoms with Crippen LogP contribution < -0.4 is 11.1 Å². The van der Waals surface area contributed by atoms with Gasteiger partial charge in [-0.15, -0.1) is 0 Å². The zero-order valence-corrected chi connectivity index (χ0v) is 9.10. The zero-order chi connectivity index (χ0) is 11.0. The van der Waals surface area contributed by atoms with Gasteiger partial charge in [0.15, 0.2) is 0 Å². The Labute approximate surface area is 94.4 Å². The smallest absolute Gasteiger partial charge is 0.221 e. The standard InChI is InChI=1S/C11H16N4O/c12-11-13-5-3-9(15-11)14-8-4-6-16-10(8)7-1-2-7/h3,5,7-8,10H,1-2,4,6H2,(H3,12,13,14,15). The Morgan fingerprint density at radius 3 is 3.00 bits per heavy atom. The van der Waals surface area contributed by atoms with E-state index in [1.54, 1.807) is 6.20 Å². The number of nitrogens with one attached hydrogen (secondary N) is 1. The van der Waals surface area contributed by atoms with Gasteiger partial charge >= 0.3 is 0 Å². The maximum atomic E-state index is 5.75. The lowest BCUT2D eigenvalue weighted by Crippen LogP contribution is -2.31. The molecule has 2 unspecified atom stereocenters. The van der Waals surface area contributed by atoms with E-state index in [2.05, 4.69) is 15.3 Å². The Morgan fingerprint density at radius 1 is 1.38 bits per heavy atom. The highest BCUT2D eigenvalue weighted by molar-refractivity contribution is 5.39. The molecule has 86 valence electrons. The number of anilines is 2. The third-order valence-electron chi connectivity index (χ3n) is 3.23. The van der Waals surface area contributed by atoms with E-state index in [9.17, 15) is 0 Å². The predicted molar refractivity (Wildman–Crippen MR) is 60.9 cm³/mol. The largest absolute Gasteiger partial charge is 0.376 e. The Balaban J connectivity index is 1.69. The number of ether oxygens (including phenoxy) is 1. The summed E-state index contributed by atoms with van der Waals surface area (Å²) in [5, 5.41) is 3.40. The van der Waals surface area contributed by atoms with Crippen molar-refractivity contribution in [3.05, 3.63) is 12.3 Å². The Kier molecular flexibility index (Phi) is 2.40. The van der Waals surface area contributed by atoms with Crippen molar-refractivity contribution in [1.29, 1.82) is 0 Å². The van der Waals surface area contributed by atoms with Gasteiger partial charge in [0.05, 0.1) is 12.1 Å². The summed E-state index contributed by atoms with van der Waals surface area (Å²) in [5.74, 6) is 1.86. The van der Waals surface area contributed by atoms with E-state index >= 15 is 0 Å². The lowest BCUT2D eigenvalue weighted by molar-refractivity contribution is 0.0898. The van der Waals surface area contributed by atoms with Crippen LogP contribution in [0.3, 0.4) is 0 Å². The number of nitrogens with two attached hydrogens (primary N) is 1. The number of hydrogen-bond acceptors (Lipinski definition) is 5.